The predicted molar refractivity (Wildman–Crippen MR) is 110 cm³/mol. The molecule has 0 radical (unpaired) electrons. The van der Waals surface area contributed by atoms with Crippen LogP contribution in [0.1, 0.15) is 23.2 Å². The number of anilines is 1. The Hall–Kier alpha value is -2.80. The van der Waals surface area contributed by atoms with Gasteiger partial charge >= 0.3 is 6.03 Å². The summed E-state index contributed by atoms with van der Waals surface area (Å²) in [7, 11) is 1.51. The SMILES string of the molecule is COc1ccc(Cl)cc1C(=O)NCC1CCN(C(=O)Nc2ccc(F)cc2)CC1. The first-order chi connectivity index (χ1) is 14.0. The Morgan fingerprint density at radius 3 is 2.52 bits per heavy atom. The molecule has 0 aliphatic carbocycles. The average molecular weight is 420 g/mol. The summed E-state index contributed by atoms with van der Waals surface area (Å²) in [5.41, 5.74) is 0.956. The predicted octanol–water partition coefficient (Wildman–Crippen LogP) is 4.16. The molecule has 1 aliphatic heterocycles. The average Bonchev–Trinajstić information content (AvgIpc) is 2.74. The highest BCUT2D eigenvalue weighted by Crippen LogP contribution is 2.23. The number of rotatable bonds is 5. The standard InChI is InChI=1S/C21H23ClFN3O3/c1-29-19-7-2-15(22)12-18(19)20(27)24-13-14-8-10-26(11-9-14)21(28)25-17-5-3-16(23)4-6-17/h2-7,12,14H,8-11,13H2,1H3,(H,24,27)(H,25,28). The van der Waals surface area contributed by atoms with Crippen LogP contribution in [-0.2, 0) is 0 Å². The van der Waals surface area contributed by atoms with Crippen molar-refractivity contribution in [3.8, 4) is 5.75 Å². The molecular formula is C21H23ClFN3O3. The third-order valence-electron chi connectivity index (χ3n) is 4.95. The molecule has 2 aromatic rings. The first-order valence-electron chi connectivity index (χ1n) is 9.39. The van der Waals surface area contributed by atoms with Crippen LogP contribution in [0.3, 0.4) is 0 Å². The summed E-state index contributed by atoms with van der Waals surface area (Å²) in [6, 6.07) is 10.4. The van der Waals surface area contributed by atoms with Crippen LogP contribution in [0.25, 0.3) is 0 Å². The number of benzene rings is 2. The van der Waals surface area contributed by atoms with Gasteiger partial charge in [0.15, 0.2) is 0 Å². The molecule has 1 aliphatic rings. The number of likely N-dealkylation sites (tertiary alicyclic amines) is 1. The van der Waals surface area contributed by atoms with Gasteiger partial charge in [-0.1, -0.05) is 11.6 Å². The van der Waals surface area contributed by atoms with Gasteiger partial charge in [-0.2, -0.15) is 0 Å². The lowest BCUT2D eigenvalue weighted by molar-refractivity contribution is 0.0935. The fraction of sp³-hybridized carbons (Fsp3) is 0.333. The van der Waals surface area contributed by atoms with Crippen molar-refractivity contribution in [1.82, 2.24) is 10.2 Å². The highest BCUT2D eigenvalue weighted by atomic mass is 35.5. The van der Waals surface area contributed by atoms with Crippen molar-refractivity contribution in [3.05, 3.63) is 58.9 Å². The van der Waals surface area contributed by atoms with Crippen LogP contribution in [0.4, 0.5) is 14.9 Å². The summed E-state index contributed by atoms with van der Waals surface area (Å²) in [4.78, 5) is 26.5. The Kier molecular flexibility index (Phi) is 6.93. The number of halogens is 2. The number of methoxy groups -OCH3 is 1. The molecule has 2 N–H and O–H groups in total. The van der Waals surface area contributed by atoms with Crippen molar-refractivity contribution in [2.24, 2.45) is 5.92 Å². The highest BCUT2D eigenvalue weighted by Gasteiger charge is 2.24. The van der Waals surface area contributed by atoms with Gasteiger partial charge in [0.25, 0.3) is 5.91 Å². The normalized spacial score (nSPS) is 14.4. The third-order valence-corrected chi connectivity index (χ3v) is 5.19. The number of amides is 3. The molecule has 6 nitrogen and oxygen atoms in total. The molecule has 0 atom stereocenters. The number of ether oxygens (including phenoxy) is 1. The number of hydrogen-bond donors (Lipinski definition) is 2. The maximum Gasteiger partial charge on any atom is 0.321 e. The van der Waals surface area contributed by atoms with Gasteiger partial charge in [-0.25, -0.2) is 9.18 Å². The number of piperidine rings is 1. The molecule has 0 unspecified atom stereocenters. The van der Waals surface area contributed by atoms with E-state index in [1.54, 1.807) is 23.1 Å². The number of carbonyl (C=O) groups is 2. The minimum absolute atomic E-state index is 0.206. The summed E-state index contributed by atoms with van der Waals surface area (Å²) in [6.07, 6.45) is 1.56. The molecule has 0 aromatic heterocycles. The van der Waals surface area contributed by atoms with E-state index in [-0.39, 0.29) is 23.7 Å². The van der Waals surface area contributed by atoms with E-state index in [4.69, 9.17) is 16.3 Å². The van der Waals surface area contributed by atoms with Gasteiger partial charge in [-0.15, -0.1) is 0 Å². The zero-order valence-electron chi connectivity index (χ0n) is 16.1. The number of hydrogen-bond acceptors (Lipinski definition) is 3. The summed E-state index contributed by atoms with van der Waals surface area (Å²) in [5, 5.41) is 6.16. The van der Waals surface area contributed by atoms with E-state index < -0.39 is 0 Å². The quantitative estimate of drug-likeness (QED) is 0.764. The first kappa shape index (κ1) is 20.9. The lowest BCUT2D eigenvalue weighted by atomic mass is 9.97. The molecule has 1 saturated heterocycles. The van der Waals surface area contributed by atoms with Crippen molar-refractivity contribution in [3.63, 3.8) is 0 Å². The van der Waals surface area contributed by atoms with Crippen LogP contribution in [0, 0.1) is 11.7 Å². The van der Waals surface area contributed by atoms with Gasteiger partial charge in [0, 0.05) is 30.3 Å². The topological polar surface area (TPSA) is 70.7 Å². The van der Waals surface area contributed by atoms with E-state index in [2.05, 4.69) is 10.6 Å². The van der Waals surface area contributed by atoms with Gasteiger partial charge in [0.1, 0.15) is 11.6 Å². The van der Waals surface area contributed by atoms with E-state index in [1.165, 1.54) is 31.4 Å². The fourth-order valence-electron chi connectivity index (χ4n) is 3.27. The summed E-state index contributed by atoms with van der Waals surface area (Å²) in [6.45, 7) is 1.70. The fourth-order valence-corrected chi connectivity index (χ4v) is 3.44. The van der Waals surface area contributed by atoms with Crippen molar-refractivity contribution in [2.75, 3.05) is 32.1 Å². The van der Waals surface area contributed by atoms with E-state index in [0.29, 0.717) is 41.7 Å². The van der Waals surface area contributed by atoms with E-state index in [1.807, 2.05) is 0 Å². The lowest BCUT2D eigenvalue weighted by Gasteiger charge is -2.32. The Labute approximate surface area is 174 Å². The monoisotopic (exact) mass is 419 g/mol. The van der Waals surface area contributed by atoms with Gasteiger partial charge in [-0.3, -0.25) is 4.79 Å². The minimum Gasteiger partial charge on any atom is -0.496 e. The molecule has 8 heteroatoms. The van der Waals surface area contributed by atoms with Crippen LogP contribution < -0.4 is 15.4 Å². The molecule has 3 amide bonds. The van der Waals surface area contributed by atoms with Crippen LogP contribution in [0.2, 0.25) is 5.02 Å². The molecule has 3 rings (SSSR count). The largest absolute Gasteiger partial charge is 0.496 e. The Bertz CT molecular complexity index is 868. The van der Waals surface area contributed by atoms with Gasteiger partial charge in [0.2, 0.25) is 0 Å². The zero-order chi connectivity index (χ0) is 20.8. The Balaban J connectivity index is 1.46. The van der Waals surface area contributed by atoms with Crippen LogP contribution in [0.15, 0.2) is 42.5 Å². The maximum absolute atomic E-state index is 13.0. The number of nitrogens with one attached hydrogen (secondary N) is 2. The van der Waals surface area contributed by atoms with E-state index in [0.717, 1.165) is 12.8 Å². The van der Waals surface area contributed by atoms with Crippen molar-refractivity contribution in [1.29, 1.82) is 0 Å². The van der Waals surface area contributed by atoms with Crippen molar-refractivity contribution in [2.45, 2.75) is 12.8 Å². The second-order valence-electron chi connectivity index (χ2n) is 6.92. The maximum atomic E-state index is 13.0. The molecule has 0 saturated carbocycles. The lowest BCUT2D eigenvalue weighted by Crippen LogP contribution is -2.43. The molecule has 1 fully saturated rings. The van der Waals surface area contributed by atoms with E-state index in [9.17, 15) is 14.0 Å². The molecule has 29 heavy (non-hydrogen) atoms. The van der Waals surface area contributed by atoms with Crippen molar-refractivity contribution >= 4 is 29.2 Å². The third kappa shape index (κ3) is 5.60. The second-order valence-corrected chi connectivity index (χ2v) is 7.36. The number of carbonyl (C=O) groups excluding carboxylic acids is 2. The summed E-state index contributed by atoms with van der Waals surface area (Å²) >= 11 is 5.98. The van der Waals surface area contributed by atoms with Crippen molar-refractivity contribution < 1.29 is 18.7 Å². The number of urea groups is 1. The molecule has 0 bridgehead atoms. The van der Waals surface area contributed by atoms with Crippen LogP contribution in [-0.4, -0.2) is 43.6 Å². The van der Waals surface area contributed by atoms with Crippen LogP contribution in [0.5, 0.6) is 5.75 Å². The van der Waals surface area contributed by atoms with Gasteiger partial charge < -0.3 is 20.3 Å². The van der Waals surface area contributed by atoms with E-state index >= 15 is 0 Å². The smallest absolute Gasteiger partial charge is 0.321 e. The zero-order valence-corrected chi connectivity index (χ0v) is 16.8. The number of nitrogens with zero attached hydrogens (tertiary/aromatic N) is 1. The second kappa shape index (κ2) is 9.60. The first-order valence-corrected chi connectivity index (χ1v) is 9.77. The van der Waals surface area contributed by atoms with Gasteiger partial charge in [0.05, 0.1) is 12.7 Å². The highest BCUT2D eigenvalue weighted by molar-refractivity contribution is 6.31. The molecule has 154 valence electrons. The Morgan fingerprint density at radius 2 is 1.86 bits per heavy atom. The summed E-state index contributed by atoms with van der Waals surface area (Å²) in [5.74, 6) is 0.167. The van der Waals surface area contributed by atoms with Crippen LogP contribution >= 0.6 is 11.6 Å². The molecule has 2 aromatic carbocycles. The van der Waals surface area contributed by atoms with Gasteiger partial charge in [-0.05, 0) is 61.2 Å². The molecule has 1 heterocycles. The molecule has 0 spiro atoms. The minimum atomic E-state index is -0.346. The molecular weight excluding hydrogens is 397 g/mol. The Morgan fingerprint density at radius 1 is 1.17 bits per heavy atom. The summed E-state index contributed by atoms with van der Waals surface area (Å²) < 4.78 is 18.2.